The first-order chi connectivity index (χ1) is 12.0. The van der Waals surface area contributed by atoms with E-state index in [4.69, 9.17) is 0 Å². The van der Waals surface area contributed by atoms with Gasteiger partial charge in [-0.3, -0.25) is 9.11 Å². The zero-order chi connectivity index (χ0) is 19.2. The van der Waals surface area contributed by atoms with Crippen molar-refractivity contribution in [3.63, 3.8) is 0 Å². The zero-order valence-corrected chi connectivity index (χ0v) is 15.8. The van der Waals surface area contributed by atoms with Gasteiger partial charge in [-0.15, -0.1) is 0 Å². The van der Waals surface area contributed by atoms with Gasteiger partial charge in [0.2, 0.25) is 0 Å². The second-order valence-electron chi connectivity index (χ2n) is 6.80. The SMILES string of the molecule is CC1Nc2ccc3ccccc3c2C1(CCS(=O)(=O)O)CCS(=O)(=O)O. The van der Waals surface area contributed by atoms with Crippen LogP contribution in [-0.2, 0) is 25.7 Å². The Hall–Kier alpha value is -1.68. The number of hydrogen-bond donors (Lipinski definition) is 3. The molecule has 7 nitrogen and oxygen atoms in total. The maximum atomic E-state index is 11.4. The topological polar surface area (TPSA) is 121 Å². The number of benzene rings is 2. The minimum Gasteiger partial charge on any atom is -0.381 e. The predicted octanol–water partition coefficient (Wildman–Crippen LogP) is 2.45. The third-order valence-electron chi connectivity index (χ3n) is 5.24. The molecule has 1 aliphatic rings. The molecule has 2 aromatic rings. The highest BCUT2D eigenvalue weighted by molar-refractivity contribution is 7.86. The summed E-state index contributed by atoms with van der Waals surface area (Å²) in [7, 11) is -8.44. The van der Waals surface area contributed by atoms with Crippen LogP contribution in [0.15, 0.2) is 36.4 Å². The molecule has 26 heavy (non-hydrogen) atoms. The van der Waals surface area contributed by atoms with E-state index in [1.807, 2.05) is 43.3 Å². The normalized spacial score (nSPS) is 19.3. The fraction of sp³-hybridized carbons (Fsp3) is 0.412. The maximum Gasteiger partial charge on any atom is 0.264 e. The monoisotopic (exact) mass is 399 g/mol. The van der Waals surface area contributed by atoms with Crippen LogP contribution in [0.5, 0.6) is 0 Å². The Kier molecular flexibility index (Phi) is 4.76. The molecule has 3 rings (SSSR count). The standard InChI is InChI=1S/C17H21NO6S2/c1-12-17(8-10-25(19,20)21,9-11-26(22,23)24)16-14-5-3-2-4-13(14)6-7-15(16)18-12/h2-7,12,18H,8-11H2,1H3,(H,19,20,21)(H,22,23,24). The van der Waals surface area contributed by atoms with Gasteiger partial charge in [0.1, 0.15) is 0 Å². The summed E-state index contributed by atoms with van der Waals surface area (Å²) >= 11 is 0. The second kappa shape index (κ2) is 6.49. The highest BCUT2D eigenvalue weighted by atomic mass is 32.2. The lowest BCUT2D eigenvalue weighted by atomic mass is 9.71. The van der Waals surface area contributed by atoms with Crippen LogP contribution >= 0.6 is 0 Å². The van der Waals surface area contributed by atoms with Crippen LogP contribution in [0, 0.1) is 0 Å². The molecule has 0 saturated carbocycles. The molecule has 0 radical (unpaired) electrons. The van der Waals surface area contributed by atoms with E-state index in [0.717, 1.165) is 22.0 Å². The van der Waals surface area contributed by atoms with E-state index in [9.17, 15) is 25.9 Å². The van der Waals surface area contributed by atoms with Crippen LogP contribution in [0.2, 0.25) is 0 Å². The summed E-state index contributed by atoms with van der Waals surface area (Å²) in [5.41, 5.74) is 0.777. The van der Waals surface area contributed by atoms with Gasteiger partial charge >= 0.3 is 0 Å². The van der Waals surface area contributed by atoms with Crippen molar-refractivity contribution in [1.82, 2.24) is 0 Å². The predicted molar refractivity (Wildman–Crippen MR) is 101 cm³/mol. The Balaban J connectivity index is 2.19. The van der Waals surface area contributed by atoms with Gasteiger partial charge in [0.05, 0.1) is 11.5 Å². The van der Waals surface area contributed by atoms with Crippen molar-refractivity contribution in [2.45, 2.75) is 31.2 Å². The van der Waals surface area contributed by atoms with Gasteiger partial charge in [-0.25, -0.2) is 0 Å². The van der Waals surface area contributed by atoms with E-state index in [0.29, 0.717) is 0 Å². The number of rotatable bonds is 6. The van der Waals surface area contributed by atoms with E-state index in [1.54, 1.807) is 0 Å². The lowest BCUT2D eigenvalue weighted by Crippen LogP contribution is -2.40. The Morgan fingerprint density at radius 3 is 2.12 bits per heavy atom. The van der Waals surface area contributed by atoms with Crippen LogP contribution in [0.25, 0.3) is 10.8 Å². The summed E-state index contributed by atoms with van der Waals surface area (Å²) in [6, 6.07) is 11.1. The first kappa shape index (κ1) is 19.1. The van der Waals surface area contributed by atoms with Gasteiger partial charge in [0.15, 0.2) is 0 Å². The summed E-state index contributed by atoms with van der Waals surface area (Å²) in [5.74, 6) is -0.986. The molecule has 9 heteroatoms. The minimum atomic E-state index is -4.22. The van der Waals surface area contributed by atoms with E-state index in [-0.39, 0.29) is 18.9 Å². The van der Waals surface area contributed by atoms with Gasteiger partial charge in [-0.05, 0) is 42.2 Å². The molecule has 2 aromatic carbocycles. The average Bonchev–Trinajstić information content (AvgIpc) is 2.82. The molecule has 0 aromatic heterocycles. The first-order valence-electron chi connectivity index (χ1n) is 8.21. The molecule has 0 fully saturated rings. The van der Waals surface area contributed by atoms with E-state index in [1.165, 1.54) is 0 Å². The number of nitrogens with one attached hydrogen (secondary N) is 1. The third kappa shape index (κ3) is 3.71. The van der Waals surface area contributed by atoms with E-state index >= 15 is 0 Å². The van der Waals surface area contributed by atoms with E-state index < -0.39 is 37.2 Å². The van der Waals surface area contributed by atoms with Gasteiger partial charge in [-0.2, -0.15) is 16.8 Å². The van der Waals surface area contributed by atoms with Gasteiger partial charge in [-0.1, -0.05) is 30.3 Å². The zero-order valence-electron chi connectivity index (χ0n) is 14.2. The summed E-state index contributed by atoms with van der Waals surface area (Å²) in [4.78, 5) is 0. The van der Waals surface area contributed by atoms with Crippen molar-refractivity contribution >= 4 is 36.7 Å². The molecule has 1 heterocycles. The molecule has 142 valence electrons. The van der Waals surface area contributed by atoms with Gasteiger partial charge in [0.25, 0.3) is 20.2 Å². The molecule has 0 saturated heterocycles. The quantitative estimate of drug-likeness (QED) is 0.638. The molecular formula is C17H21NO6S2. The van der Waals surface area contributed by atoms with Crippen molar-refractivity contribution in [3.05, 3.63) is 42.0 Å². The van der Waals surface area contributed by atoms with Crippen molar-refractivity contribution in [1.29, 1.82) is 0 Å². The lowest BCUT2D eigenvalue weighted by molar-refractivity contribution is 0.362. The summed E-state index contributed by atoms with van der Waals surface area (Å²) < 4.78 is 64.0. The Morgan fingerprint density at radius 2 is 1.54 bits per heavy atom. The molecule has 0 amide bonds. The third-order valence-corrected chi connectivity index (χ3v) is 6.68. The van der Waals surface area contributed by atoms with E-state index in [2.05, 4.69) is 5.32 Å². The molecular weight excluding hydrogens is 378 g/mol. The van der Waals surface area contributed by atoms with Crippen LogP contribution in [-0.4, -0.2) is 43.5 Å². The summed E-state index contributed by atoms with van der Waals surface area (Å²) in [6.07, 6.45) is 0.0764. The maximum absolute atomic E-state index is 11.4. The Morgan fingerprint density at radius 1 is 0.962 bits per heavy atom. The lowest BCUT2D eigenvalue weighted by Gasteiger charge is -2.34. The molecule has 0 spiro atoms. The van der Waals surface area contributed by atoms with Crippen LogP contribution < -0.4 is 5.32 Å². The summed E-state index contributed by atoms with van der Waals surface area (Å²) in [6.45, 7) is 1.85. The molecule has 1 unspecified atom stereocenters. The van der Waals surface area contributed by atoms with Crippen molar-refractivity contribution in [2.24, 2.45) is 0 Å². The first-order valence-corrected chi connectivity index (χ1v) is 11.4. The fourth-order valence-corrected chi connectivity index (χ4v) is 5.19. The minimum absolute atomic E-state index is 0.0382. The van der Waals surface area contributed by atoms with Gasteiger partial charge in [0, 0.05) is 17.1 Å². The molecule has 3 N–H and O–H groups in total. The van der Waals surface area contributed by atoms with Crippen molar-refractivity contribution in [2.75, 3.05) is 16.8 Å². The number of anilines is 1. The highest BCUT2D eigenvalue weighted by Crippen LogP contribution is 2.49. The van der Waals surface area contributed by atoms with Crippen LogP contribution in [0.1, 0.15) is 25.3 Å². The van der Waals surface area contributed by atoms with Crippen molar-refractivity contribution in [3.8, 4) is 0 Å². The Labute approximate surface area is 152 Å². The molecule has 0 bridgehead atoms. The number of hydrogen-bond acceptors (Lipinski definition) is 5. The van der Waals surface area contributed by atoms with Crippen molar-refractivity contribution < 1.29 is 25.9 Å². The fourth-order valence-electron chi connectivity index (χ4n) is 3.95. The Bertz CT molecular complexity index is 1010. The average molecular weight is 399 g/mol. The molecule has 1 aliphatic heterocycles. The number of fused-ring (bicyclic) bond motifs is 3. The van der Waals surface area contributed by atoms with Crippen LogP contribution in [0.4, 0.5) is 5.69 Å². The van der Waals surface area contributed by atoms with Crippen LogP contribution in [0.3, 0.4) is 0 Å². The molecule has 0 aliphatic carbocycles. The van der Waals surface area contributed by atoms with Gasteiger partial charge < -0.3 is 5.32 Å². The largest absolute Gasteiger partial charge is 0.381 e. The second-order valence-corrected chi connectivity index (χ2v) is 9.95. The smallest absolute Gasteiger partial charge is 0.264 e. The highest BCUT2D eigenvalue weighted by Gasteiger charge is 2.46. The summed E-state index contributed by atoms with van der Waals surface area (Å²) in [5, 5.41) is 5.15. The molecule has 1 atom stereocenters.